The van der Waals surface area contributed by atoms with Gasteiger partial charge in [0.1, 0.15) is 11.9 Å². The highest BCUT2D eigenvalue weighted by Gasteiger charge is 2.58. The van der Waals surface area contributed by atoms with Crippen molar-refractivity contribution in [1.29, 1.82) is 0 Å². The molecule has 27 heavy (non-hydrogen) atoms. The first-order chi connectivity index (χ1) is 12.5. The zero-order valence-corrected chi connectivity index (χ0v) is 15.3. The van der Waals surface area contributed by atoms with Crippen LogP contribution in [0, 0.1) is 11.8 Å². The van der Waals surface area contributed by atoms with Gasteiger partial charge in [0, 0.05) is 6.42 Å². The lowest BCUT2D eigenvalue weighted by molar-refractivity contribution is -0.160. The molecule has 1 fully saturated rings. The van der Waals surface area contributed by atoms with Crippen molar-refractivity contribution < 1.29 is 35.1 Å². The highest BCUT2D eigenvalue weighted by molar-refractivity contribution is 7.96. The minimum atomic E-state index is -4.47. The zero-order valence-electron chi connectivity index (χ0n) is 14.5. The molecule has 3 aliphatic rings. The van der Waals surface area contributed by atoms with Crippen LogP contribution in [-0.2, 0) is 14.6 Å². The highest BCUT2D eigenvalue weighted by Crippen LogP contribution is 2.50. The number of hydrogen-bond acceptors (Lipinski definition) is 3. The SMILES string of the molecule is CCC1(S(=O)(=O)C2=CCC(C(F)(F)F)C=C2)CCOC2=C(F)C=CC(F)C21. The van der Waals surface area contributed by atoms with E-state index < -0.39 is 51.0 Å². The van der Waals surface area contributed by atoms with Gasteiger partial charge in [0.15, 0.2) is 15.7 Å². The van der Waals surface area contributed by atoms with Crippen molar-refractivity contribution in [2.75, 3.05) is 6.61 Å². The van der Waals surface area contributed by atoms with Gasteiger partial charge in [0.05, 0.1) is 28.1 Å². The summed E-state index contributed by atoms with van der Waals surface area (Å²) >= 11 is 0. The van der Waals surface area contributed by atoms with Crippen LogP contribution in [0.25, 0.3) is 0 Å². The first-order valence-corrected chi connectivity index (χ1v) is 10.1. The lowest BCUT2D eigenvalue weighted by Gasteiger charge is -2.45. The van der Waals surface area contributed by atoms with Crippen LogP contribution in [0.5, 0.6) is 0 Å². The Hall–Kier alpha value is -1.64. The Balaban J connectivity index is 2.03. The van der Waals surface area contributed by atoms with E-state index in [1.54, 1.807) is 6.92 Å². The largest absolute Gasteiger partial charge is 0.494 e. The molecule has 0 aromatic heterocycles. The number of hydrogen-bond donors (Lipinski definition) is 0. The van der Waals surface area contributed by atoms with Crippen LogP contribution in [0.15, 0.2) is 46.9 Å². The van der Waals surface area contributed by atoms with E-state index in [0.717, 1.165) is 30.4 Å². The molecule has 0 aromatic carbocycles. The van der Waals surface area contributed by atoms with E-state index in [0.29, 0.717) is 0 Å². The van der Waals surface area contributed by atoms with Gasteiger partial charge in [-0.2, -0.15) is 13.2 Å². The van der Waals surface area contributed by atoms with Crippen LogP contribution in [0.1, 0.15) is 26.2 Å². The molecule has 0 saturated carbocycles. The molecule has 150 valence electrons. The van der Waals surface area contributed by atoms with E-state index in [1.165, 1.54) is 0 Å². The van der Waals surface area contributed by atoms with Crippen molar-refractivity contribution >= 4 is 9.84 Å². The van der Waals surface area contributed by atoms with Crippen molar-refractivity contribution in [2.24, 2.45) is 11.8 Å². The quantitative estimate of drug-likeness (QED) is 0.634. The van der Waals surface area contributed by atoms with Crippen molar-refractivity contribution in [2.45, 2.75) is 43.3 Å². The Morgan fingerprint density at radius 1 is 1.26 bits per heavy atom. The monoisotopic (exact) mass is 410 g/mol. The molecule has 0 radical (unpaired) electrons. The fourth-order valence-corrected chi connectivity index (χ4v) is 6.35. The maximum absolute atomic E-state index is 14.7. The number of ether oxygens (including phenoxy) is 1. The van der Waals surface area contributed by atoms with Crippen LogP contribution in [0.3, 0.4) is 0 Å². The maximum Gasteiger partial charge on any atom is 0.395 e. The Morgan fingerprint density at radius 2 is 1.96 bits per heavy atom. The molecule has 1 saturated heterocycles. The number of rotatable bonds is 3. The molecule has 0 amide bonds. The average molecular weight is 410 g/mol. The van der Waals surface area contributed by atoms with Crippen LogP contribution in [-0.4, -0.2) is 32.1 Å². The summed E-state index contributed by atoms with van der Waals surface area (Å²) in [6.07, 6.45) is -2.25. The van der Waals surface area contributed by atoms with Crippen LogP contribution >= 0.6 is 0 Å². The predicted octanol–water partition coefficient (Wildman–Crippen LogP) is 4.70. The Morgan fingerprint density at radius 3 is 2.52 bits per heavy atom. The highest BCUT2D eigenvalue weighted by atomic mass is 32.2. The first kappa shape index (κ1) is 20.1. The second-order valence-corrected chi connectivity index (χ2v) is 9.15. The van der Waals surface area contributed by atoms with E-state index in [1.807, 2.05) is 0 Å². The summed E-state index contributed by atoms with van der Waals surface area (Å²) in [5.74, 6) is -4.30. The Bertz CT molecular complexity index is 838. The molecule has 4 unspecified atom stereocenters. The zero-order chi connectivity index (χ0) is 20.0. The molecule has 4 atom stereocenters. The van der Waals surface area contributed by atoms with E-state index in [2.05, 4.69) is 0 Å². The minimum Gasteiger partial charge on any atom is -0.494 e. The molecule has 3 nitrogen and oxygen atoms in total. The van der Waals surface area contributed by atoms with Crippen molar-refractivity contribution in [3.8, 4) is 0 Å². The summed E-state index contributed by atoms with van der Waals surface area (Å²) in [4.78, 5) is -0.284. The molecule has 0 aromatic rings. The summed E-state index contributed by atoms with van der Waals surface area (Å²) in [5, 5.41) is 0. The molecule has 1 aliphatic heterocycles. The third kappa shape index (κ3) is 3.13. The molecule has 0 bridgehead atoms. The van der Waals surface area contributed by atoms with Crippen LogP contribution in [0.2, 0.25) is 0 Å². The summed E-state index contributed by atoms with van der Waals surface area (Å²) in [6.45, 7) is 1.43. The van der Waals surface area contributed by atoms with Crippen LogP contribution < -0.4 is 0 Å². The number of alkyl halides is 4. The number of allylic oxidation sites excluding steroid dienone is 7. The normalized spacial score (nSPS) is 34.1. The molecular formula is C18H19F5O3S. The second-order valence-electron chi connectivity index (χ2n) is 6.86. The van der Waals surface area contributed by atoms with E-state index in [9.17, 15) is 30.4 Å². The lowest BCUT2D eigenvalue weighted by Crippen LogP contribution is -2.54. The van der Waals surface area contributed by atoms with Gasteiger partial charge in [-0.15, -0.1) is 0 Å². The fourth-order valence-electron chi connectivity index (χ4n) is 4.01. The molecule has 3 rings (SSSR count). The number of fused-ring (bicyclic) bond motifs is 1. The van der Waals surface area contributed by atoms with Crippen molar-refractivity contribution in [1.82, 2.24) is 0 Å². The second kappa shape index (κ2) is 6.76. The third-order valence-electron chi connectivity index (χ3n) is 5.54. The van der Waals surface area contributed by atoms with Gasteiger partial charge in [0.2, 0.25) is 0 Å². The number of sulfone groups is 1. The van der Waals surface area contributed by atoms with E-state index >= 15 is 0 Å². The predicted molar refractivity (Wildman–Crippen MR) is 89.6 cm³/mol. The summed E-state index contributed by atoms with van der Waals surface area (Å²) in [5.41, 5.74) is 0. The van der Waals surface area contributed by atoms with Gasteiger partial charge < -0.3 is 4.74 Å². The van der Waals surface area contributed by atoms with Gasteiger partial charge in [-0.3, -0.25) is 0 Å². The van der Waals surface area contributed by atoms with E-state index in [-0.39, 0.29) is 30.1 Å². The van der Waals surface area contributed by atoms with Crippen molar-refractivity contribution in [3.63, 3.8) is 0 Å². The molecule has 1 heterocycles. The van der Waals surface area contributed by atoms with Gasteiger partial charge in [-0.25, -0.2) is 17.2 Å². The lowest BCUT2D eigenvalue weighted by atomic mass is 9.78. The molecule has 0 spiro atoms. The average Bonchev–Trinajstić information content (AvgIpc) is 2.63. The summed E-state index contributed by atoms with van der Waals surface area (Å²) in [6, 6.07) is 0. The van der Waals surface area contributed by atoms with Gasteiger partial charge in [0.25, 0.3) is 0 Å². The Kier molecular flexibility index (Phi) is 5.03. The summed E-state index contributed by atoms with van der Waals surface area (Å²) < 4.78 is 97.6. The van der Waals surface area contributed by atoms with Gasteiger partial charge in [-0.05, 0) is 31.1 Å². The van der Waals surface area contributed by atoms with E-state index in [4.69, 9.17) is 4.74 Å². The smallest absolute Gasteiger partial charge is 0.395 e. The maximum atomic E-state index is 14.7. The van der Waals surface area contributed by atoms with Crippen LogP contribution in [0.4, 0.5) is 22.0 Å². The standard InChI is InChI=1S/C18H19F5O3S/c1-2-17(9-10-26-16-14(20)8-7-13(19)15(16)17)27(24,25)12-5-3-11(4-6-12)18(21,22)23/h3,5-8,11,13,15H,2,4,9-10H2,1H3. The van der Waals surface area contributed by atoms with Gasteiger partial charge in [-0.1, -0.05) is 19.1 Å². The number of halogens is 5. The first-order valence-electron chi connectivity index (χ1n) is 8.59. The topological polar surface area (TPSA) is 43.4 Å². The molecular weight excluding hydrogens is 391 g/mol. The molecule has 0 N–H and O–H groups in total. The minimum absolute atomic E-state index is 0.0255. The Labute approximate surface area is 154 Å². The molecule has 9 heteroatoms. The van der Waals surface area contributed by atoms with Crippen molar-refractivity contribution in [3.05, 3.63) is 46.9 Å². The van der Waals surface area contributed by atoms with Gasteiger partial charge >= 0.3 is 6.18 Å². The summed E-state index contributed by atoms with van der Waals surface area (Å²) in [7, 11) is -4.24. The molecule has 2 aliphatic carbocycles. The fraction of sp³-hybridized carbons (Fsp3) is 0.556. The third-order valence-corrected chi connectivity index (χ3v) is 8.28.